The van der Waals surface area contributed by atoms with Gasteiger partial charge in [0.15, 0.2) is 5.96 Å². The normalized spacial score (nSPS) is 21.1. The molecule has 0 aromatic heterocycles. The average Bonchev–Trinajstić information content (AvgIpc) is 2.28. The zero-order chi connectivity index (χ0) is 13.4. The van der Waals surface area contributed by atoms with Crippen molar-refractivity contribution >= 4 is 29.9 Å². The zero-order valence-corrected chi connectivity index (χ0v) is 15.2. The third-order valence-corrected chi connectivity index (χ3v) is 3.20. The van der Waals surface area contributed by atoms with E-state index in [1.165, 1.54) is 25.9 Å². The molecular weight excluding hydrogens is 351 g/mol. The van der Waals surface area contributed by atoms with Crippen LogP contribution in [0.4, 0.5) is 0 Å². The molecule has 0 aliphatic carbocycles. The largest absolute Gasteiger partial charge is 0.357 e. The first-order valence-electron chi connectivity index (χ1n) is 7.39. The van der Waals surface area contributed by atoms with Crippen LogP contribution in [0.2, 0.25) is 0 Å². The molecule has 1 unspecified atom stereocenters. The molecule has 0 saturated carbocycles. The van der Waals surface area contributed by atoms with Gasteiger partial charge in [0.2, 0.25) is 0 Å². The lowest BCUT2D eigenvalue weighted by Gasteiger charge is -2.30. The number of guanidine groups is 1. The third-order valence-electron chi connectivity index (χ3n) is 3.20. The number of hydrogen-bond donors (Lipinski definition) is 2. The van der Waals surface area contributed by atoms with Crippen LogP contribution in [-0.2, 0) is 0 Å². The zero-order valence-electron chi connectivity index (χ0n) is 12.9. The summed E-state index contributed by atoms with van der Waals surface area (Å²) >= 11 is 0. The molecule has 0 aromatic carbocycles. The van der Waals surface area contributed by atoms with Crippen molar-refractivity contribution in [3.8, 4) is 0 Å². The summed E-state index contributed by atoms with van der Waals surface area (Å²) in [6.07, 6.45) is 2.73. The van der Waals surface area contributed by atoms with Gasteiger partial charge in [0, 0.05) is 25.7 Å². The van der Waals surface area contributed by atoms with E-state index in [0.717, 1.165) is 31.5 Å². The summed E-state index contributed by atoms with van der Waals surface area (Å²) in [4.78, 5) is 7.16. The SMILES string of the molecule is CCNC(=NCCN1CCCC(C)C1)NC(C)C.I. The second-order valence-corrected chi connectivity index (χ2v) is 5.61. The molecule has 1 fully saturated rings. The molecule has 19 heavy (non-hydrogen) atoms. The Labute approximate surface area is 135 Å². The fourth-order valence-corrected chi connectivity index (χ4v) is 2.39. The summed E-state index contributed by atoms with van der Waals surface area (Å²) < 4.78 is 0. The lowest BCUT2D eigenvalue weighted by Crippen LogP contribution is -2.42. The Kier molecular flexibility index (Phi) is 10.7. The van der Waals surface area contributed by atoms with Gasteiger partial charge in [-0.25, -0.2) is 0 Å². The highest BCUT2D eigenvalue weighted by atomic mass is 127. The number of nitrogens with zero attached hydrogens (tertiary/aromatic N) is 2. The van der Waals surface area contributed by atoms with Gasteiger partial charge in [-0.05, 0) is 46.1 Å². The highest BCUT2D eigenvalue weighted by Crippen LogP contribution is 2.14. The Morgan fingerprint density at radius 1 is 1.42 bits per heavy atom. The van der Waals surface area contributed by atoms with E-state index in [0.29, 0.717) is 6.04 Å². The molecule has 5 heteroatoms. The van der Waals surface area contributed by atoms with Crippen LogP contribution in [0.1, 0.15) is 40.5 Å². The first-order valence-corrected chi connectivity index (χ1v) is 7.39. The topological polar surface area (TPSA) is 39.7 Å². The fraction of sp³-hybridized carbons (Fsp3) is 0.929. The highest BCUT2D eigenvalue weighted by molar-refractivity contribution is 14.0. The molecule has 0 aromatic rings. The smallest absolute Gasteiger partial charge is 0.191 e. The minimum absolute atomic E-state index is 0. The van der Waals surface area contributed by atoms with Crippen molar-refractivity contribution < 1.29 is 0 Å². The Balaban J connectivity index is 0.00000324. The molecule has 1 atom stereocenters. The highest BCUT2D eigenvalue weighted by Gasteiger charge is 2.15. The molecular formula is C14H31IN4. The Morgan fingerprint density at radius 3 is 2.74 bits per heavy atom. The molecule has 1 aliphatic heterocycles. The van der Waals surface area contributed by atoms with Crippen molar-refractivity contribution in [2.75, 3.05) is 32.7 Å². The van der Waals surface area contributed by atoms with Crippen molar-refractivity contribution in [3.05, 3.63) is 0 Å². The second kappa shape index (κ2) is 10.7. The van der Waals surface area contributed by atoms with Crippen molar-refractivity contribution in [1.82, 2.24) is 15.5 Å². The first-order chi connectivity index (χ1) is 8.61. The first kappa shape index (κ1) is 19.0. The minimum atomic E-state index is 0. The van der Waals surface area contributed by atoms with Crippen LogP contribution >= 0.6 is 24.0 Å². The van der Waals surface area contributed by atoms with Gasteiger partial charge in [-0.2, -0.15) is 0 Å². The molecule has 2 N–H and O–H groups in total. The van der Waals surface area contributed by atoms with Gasteiger partial charge in [-0.1, -0.05) is 6.92 Å². The van der Waals surface area contributed by atoms with Crippen LogP contribution in [0.15, 0.2) is 4.99 Å². The van der Waals surface area contributed by atoms with Gasteiger partial charge < -0.3 is 15.5 Å². The number of likely N-dealkylation sites (tertiary alicyclic amines) is 1. The quantitative estimate of drug-likeness (QED) is 0.436. The molecule has 1 aliphatic rings. The van der Waals surface area contributed by atoms with Crippen molar-refractivity contribution in [2.45, 2.75) is 46.6 Å². The predicted molar refractivity (Wildman–Crippen MR) is 94.5 cm³/mol. The maximum atomic E-state index is 4.63. The van der Waals surface area contributed by atoms with Crippen molar-refractivity contribution in [1.29, 1.82) is 0 Å². The Hall–Kier alpha value is -0.0400. The van der Waals surface area contributed by atoms with E-state index in [1.807, 2.05) is 0 Å². The van der Waals surface area contributed by atoms with E-state index < -0.39 is 0 Å². The van der Waals surface area contributed by atoms with Gasteiger partial charge in [-0.15, -0.1) is 24.0 Å². The Bertz CT molecular complexity index is 256. The lowest BCUT2D eigenvalue weighted by atomic mass is 10.0. The number of nitrogens with one attached hydrogen (secondary N) is 2. The number of rotatable bonds is 5. The number of piperidine rings is 1. The summed E-state index contributed by atoms with van der Waals surface area (Å²) in [6, 6.07) is 0.429. The fourth-order valence-electron chi connectivity index (χ4n) is 2.39. The van der Waals surface area contributed by atoms with Crippen molar-refractivity contribution in [3.63, 3.8) is 0 Å². The van der Waals surface area contributed by atoms with Crippen LogP contribution in [-0.4, -0.2) is 49.6 Å². The third kappa shape index (κ3) is 8.68. The van der Waals surface area contributed by atoms with Gasteiger partial charge >= 0.3 is 0 Å². The molecule has 114 valence electrons. The summed E-state index contributed by atoms with van der Waals surface area (Å²) in [5.74, 6) is 1.79. The number of hydrogen-bond acceptors (Lipinski definition) is 2. The second-order valence-electron chi connectivity index (χ2n) is 5.61. The molecule has 1 heterocycles. The van der Waals surface area contributed by atoms with E-state index in [1.54, 1.807) is 0 Å². The van der Waals surface area contributed by atoms with Gasteiger partial charge in [0.05, 0.1) is 6.54 Å². The summed E-state index contributed by atoms with van der Waals surface area (Å²) in [6.45, 7) is 14.1. The predicted octanol–water partition coefficient (Wildman–Crippen LogP) is 2.30. The van der Waals surface area contributed by atoms with Gasteiger partial charge in [0.1, 0.15) is 0 Å². The molecule has 1 saturated heterocycles. The maximum Gasteiger partial charge on any atom is 0.191 e. The van der Waals surface area contributed by atoms with Crippen LogP contribution in [0, 0.1) is 5.92 Å². The van der Waals surface area contributed by atoms with E-state index in [9.17, 15) is 0 Å². The van der Waals surface area contributed by atoms with Crippen LogP contribution in [0.25, 0.3) is 0 Å². The minimum Gasteiger partial charge on any atom is -0.357 e. The van der Waals surface area contributed by atoms with E-state index in [4.69, 9.17) is 0 Å². The monoisotopic (exact) mass is 382 g/mol. The van der Waals surface area contributed by atoms with E-state index >= 15 is 0 Å². The molecule has 4 nitrogen and oxygen atoms in total. The van der Waals surface area contributed by atoms with Gasteiger partial charge in [-0.3, -0.25) is 4.99 Å². The standard InChI is InChI=1S/C14H30N4.HI/c1-5-15-14(17-12(2)3)16-8-10-18-9-6-7-13(4)11-18;/h12-13H,5-11H2,1-4H3,(H2,15,16,17);1H. The molecule has 0 bridgehead atoms. The number of halogens is 1. The molecule has 0 radical (unpaired) electrons. The maximum absolute atomic E-state index is 4.63. The molecule has 1 rings (SSSR count). The summed E-state index contributed by atoms with van der Waals surface area (Å²) in [5, 5.41) is 6.63. The number of aliphatic imine (C=N–C) groups is 1. The van der Waals surface area contributed by atoms with Crippen LogP contribution < -0.4 is 10.6 Å². The Morgan fingerprint density at radius 2 is 2.16 bits per heavy atom. The average molecular weight is 382 g/mol. The van der Waals surface area contributed by atoms with Crippen molar-refractivity contribution in [2.24, 2.45) is 10.9 Å². The van der Waals surface area contributed by atoms with Crippen LogP contribution in [0.5, 0.6) is 0 Å². The summed E-state index contributed by atoms with van der Waals surface area (Å²) in [5.41, 5.74) is 0. The van der Waals surface area contributed by atoms with Crippen LogP contribution in [0.3, 0.4) is 0 Å². The molecule has 0 spiro atoms. The van der Waals surface area contributed by atoms with E-state index in [2.05, 4.69) is 48.2 Å². The summed E-state index contributed by atoms with van der Waals surface area (Å²) in [7, 11) is 0. The lowest BCUT2D eigenvalue weighted by molar-refractivity contribution is 0.189. The molecule has 0 amide bonds. The van der Waals surface area contributed by atoms with Gasteiger partial charge in [0.25, 0.3) is 0 Å². The van der Waals surface area contributed by atoms with E-state index in [-0.39, 0.29) is 24.0 Å².